The van der Waals surface area contributed by atoms with Crippen LogP contribution in [-0.2, 0) is 6.42 Å². The van der Waals surface area contributed by atoms with Gasteiger partial charge in [-0.15, -0.1) is 0 Å². The molecule has 0 saturated heterocycles. The number of aryl methyl sites for hydroxylation is 1. The fourth-order valence-corrected chi connectivity index (χ4v) is 3.42. The molecule has 3 nitrogen and oxygen atoms in total. The molecule has 2 aromatic rings. The van der Waals surface area contributed by atoms with Gasteiger partial charge in [0.25, 0.3) is 5.91 Å². The maximum Gasteiger partial charge on any atom is 0.259 e. The summed E-state index contributed by atoms with van der Waals surface area (Å²) in [5.74, 6) is 0.555. The molecule has 0 unspecified atom stereocenters. The fraction of sp³-hybridized carbons (Fsp3) is 0.278. The summed E-state index contributed by atoms with van der Waals surface area (Å²) in [6.45, 7) is 2.69. The number of methoxy groups -OCH3 is 1. The molecule has 0 aliphatic carbocycles. The number of hydrogen-bond acceptors (Lipinski definition) is 2. The Balaban J connectivity index is 2.11. The molecule has 3 rings (SSSR count). The van der Waals surface area contributed by atoms with Gasteiger partial charge in [-0.1, -0.05) is 35.3 Å². The Morgan fingerprint density at radius 3 is 2.74 bits per heavy atom. The third kappa shape index (κ3) is 2.79. The smallest absolute Gasteiger partial charge is 0.259 e. The first kappa shape index (κ1) is 16.2. The molecule has 0 saturated carbocycles. The van der Waals surface area contributed by atoms with E-state index in [1.165, 1.54) is 0 Å². The molecule has 0 aromatic heterocycles. The molecule has 23 heavy (non-hydrogen) atoms. The Morgan fingerprint density at radius 1 is 1.22 bits per heavy atom. The molecule has 0 bridgehead atoms. The second-order valence-electron chi connectivity index (χ2n) is 5.57. The average molecular weight is 350 g/mol. The van der Waals surface area contributed by atoms with Crippen LogP contribution in [0.5, 0.6) is 5.75 Å². The van der Waals surface area contributed by atoms with E-state index in [0.29, 0.717) is 22.9 Å². The minimum atomic E-state index is -0.151. The van der Waals surface area contributed by atoms with Gasteiger partial charge in [-0.05, 0) is 49.1 Å². The summed E-state index contributed by atoms with van der Waals surface area (Å²) >= 11 is 12.3. The van der Waals surface area contributed by atoms with Gasteiger partial charge in [0.1, 0.15) is 5.75 Å². The summed E-state index contributed by atoms with van der Waals surface area (Å²) in [4.78, 5) is 14.8. The van der Waals surface area contributed by atoms with Gasteiger partial charge in [0, 0.05) is 6.54 Å². The molecule has 0 atom stereocenters. The van der Waals surface area contributed by atoms with Gasteiger partial charge < -0.3 is 9.64 Å². The number of benzene rings is 2. The number of rotatable bonds is 2. The van der Waals surface area contributed by atoms with E-state index in [4.69, 9.17) is 27.9 Å². The summed E-state index contributed by atoms with van der Waals surface area (Å²) in [7, 11) is 1.62. The van der Waals surface area contributed by atoms with Gasteiger partial charge in [0.05, 0.1) is 28.4 Å². The van der Waals surface area contributed by atoms with E-state index >= 15 is 0 Å². The zero-order chi connectivity index (χ0) is 16.6. The van der Waals surface area contributed by atoms with Crippen molar-refractivity contribution in [3.05, 3.63) is 57.1 Å². The quantitative estimate of drug-likeness (QED) is 0.771. The van der Waals surface area contributed by atoms with E-state index in [2.05, 4.69) is 6.92 Å². The van der Waals surface area contributed by atoms with Crippen LogP contribution in [0.15, 0.2) is 30.3 Å². The maximum absolute atomic E-state index is 13.0. The molecule has 120 valence electrons. The highest BCUT2D eigenvalue weighted by Gasteiger charge is 2.29. The minimum absolute atomic E-state index is 0.151. The lowest BCUT2D eigenvalue weighted by molar-refractivity contribution is 0.0984. The zero-order valence-electron chi connectivity index (χ0n) is 13.0. The summed E-state index contributed by atoms with van der Waals surface area (Å²) < 4.78 is 5.48. The normalized spacial score (nSPS) is 13.7. The number of fused-ring (bicyclic) bond motifs is 1. The molecule has 2 aromatic carbocycles. The van der Waals surface area contributed by atoms with Crippen LogP contribution in [0.2, 0.25) is 10.0 Å². The highest BCUT2D eigenvalue weighted by molar-refractivity contribution is 6.44. The van der Waals surface area contributed by atoms with E-state index in [0.717, 1.165) is 29.7 Å². The van der Waals surface area contributed by atoms with Gasteiger partial charge in [-0.3, -0.25) is 4.79 Å². The molecule has 0 N–H and O–H groups in total. The Hall–Kier alpha value is -1.71. The summed E-state index contributed by atoms with van der Waals surface area (Å²) in [6.07, 6.45) is 1.84. The van der Waals surface area contributed by atoms with Crippen molar-refractivity contribution in [2.75, 3.05) is 18.6 Å². The van der Waals surface area contributed by atoms with Crippen LogP contribution < -0.4 is 9.64 Å². The molecule has 1 heterocycles. The van der Waals surface area contributed by atoms with Crippen molar-refractivity contribution < 1.29 is 9.53 Å². The van der Waals surface area contributed by atoms with Crippen LogP contribution >= 0.6 is 23.2 Å². The van der Waals surface area contributed by atoms with Gasteiger partial charge in [0.15, 0.2) is 0 Å². The van der Waals surface area contributed by atoms with Crippen molar-refractivity contribution in [3.8, 4) is 5.75 Å². The summed E-state index contributed by atoms with van der Waals surface area (Å²) in [5, 5.41) is 0.670. The van der Waals surface area contributed by atoms with Gasteiger partial charge in [-0.2, -0.15) is 0 Å². The number of hydrogen-bond donors (Lipinski definition) is 0. The number of carbonyl (C=O) groups is 1. The van der Waals surface area contributed by atoms with E-state index in [-0.39, 0.29) is 10.9 Å². The molecule has 1 aliphatic heterocycles. The minimum Gasteiger partial charge on any atom is -0.495 e. The van der Waals surface area contributed by atoms with Crippen molar-refractivity contribution in [2.45, 2.75) is 19.8 Å². The van der Waals surface area contributed by atoms with Crippen LogP contribution in [0, 0.1) is 6.92 Å². The zero-order valence-corrected chi connectivity index (χ0v) is 14.5. The largest absolute Gasteiger partial charge is 0.495 e. The average Bonchev–Trinajstić information content (AvgIpc) is 2.57. The van der Waals surface area contributed by atoms with Crippen molar-refractivity contribution in [1.29, 1.82) is 0 Å². The van der Waals surface area contributed by atoms with Gasteiger partial charge in [0.2, 0.25) is 0 Å². The molecular formula is C18H17Cl2NO2. The first-order valence-electron chi connectivity index (χ1n) is 7.47. The third-order valence-corrected chi connectivity index (χ3v) is 5.02. The molecule has 0 fully saturated rings. The molecule has 1 amide bonds. The van der Waals surface area contributed by atoms with Crippen LogP contribution in [0.3, 0.4) is 0 Å². The fourth-order valence-electron chi connectivity index (χ4n) is 3.04. The molecular weight excluding hydrogens is 333 g/mol. The predicted octanol–water partition coefficient (Wildman–Crippen LogP) is 4.90. The van der Waals surface area contributed by atoms with Crippen LogP contribution in [0.4, 0.5) is 5.69 Å². The van der Waals surface area contributed by atoms with Crippen LogP contribution in [0.1, 0.15) is 27.9 Å². The standard InChI is InChI=1S/C18H17Cl2NO2/c1-11-8-9-15(23-2)17-12(11)6-4-10-21(17)18(22)13-5-3-7-14(19)16(13)20/h3,5,7-9H,4,6,10H2,1-2H3. The maximum atomic E-state index is 13.0. The summed E-state index contributed by atoms with van der Waals surface area (Å²) in [5.41, 5.74) is 3.58. The van der Waals surface area contributed by atoms with Crippen molar-refractivity contribution in [1.82, 2.24) is 0 Å². The Kier molecular flexibility index (Phi) is 4.51. The third-order valence-electron chi connectivity index (χ3n) is 4.21. The SMILES string of the molecule is COc1ccc(C)c2c1N(C(=O)c1cccc(Cl)c1Cl)CCC2. The highest BCUT2D eigenvalue weighted by Crippen LogP contribution is 2.39. The lowest BCUT2D eigenvalue weighted by Gasteiger charge is -2.32. The second kappa shape index (κ2) is 6.42. The first-order valence-corrected chi connectivity index (χ1v) is 8.22. The first-order chi connectivity index (χ1) is 11.0. The van der Waals surface area contributed by atoms with Crippen LogP contribution in [-0.4, -0.2) is 19.6 Å². The Bertz CT molecular complexity index is 774. The molecule has 0 radical (unpaired) electrons. The van der Waals surface area contributed by atoms with Gasteiger partial charge >= 0.3 is 0 Å². The van der Waals surface area contributed by atoms with E-state index in [9.17, 15) is 4.79 Å². The Labute approximate surface area is 145 Å². The van der Waals surface area contributed by atoms with Gasteiger partial charge in [-0.25, -0.2) is 0 Å². The van der Waals surface area contributed by atoms with Crippen LogP contribution in [0.25, 0.3) is 0 Å². The lowest BCUT2D eigenvalue weighted by atomic mass is 9.95. The number of carbonyl (C=O) groups excluding carboxylic acids is 1. The topological polar surface area (TPSA) is 29.5 Å². The van der Waals surface area contributed by atoms with Crippen molar-refractivity contribution in [2.24, 2.45) is 0 Å². The van der Waals surface area contributed by atoms with E-state index in [1.807, 2.05) is 12.1 Å². The Morgan fingerprint density at radius 2 is 2.00 bits per heavy atom. The van der Waals surface area contributed by atoms with E-state index in [1.54, 1.807) is 30.2 Å². The number of ether oxygens (including phenoxy) is 1. The second-order valence-corrected chi connectivity index (χ2v) is 6.36. The summed E-state index contributed by atoms with van der Waals surface area (Å²) in [6, 6.07) is 9.04. The number of anilines is 1. The lowest BCUT2D eigenvalue weighted by Crippen LogP contribution is -2.36. The predicted molar refractivity (Wildman–Crippen MR) is 94.2 cm³/mol. The number of nitrogens with zero attached hydrogens (tertiary/aromatic N) is 1. The molecule has 0 spiro atoms. The number of halogens is 2. The molecule has 5 heteroatoms. The molecule has 1 aliphatic rings. The van der Waals surface area contributed by atoms with E-state index < -0.39 is 0 Å². The van der Waals surface area contributed by atoms with Crippen molar-refractivity contribution in [3.63, 3.8) is 0 Å². The van der Waals surface area contributed by atoms with Crippen molar-refractivity contribution >= 4 is 34.8 Å². The highest BCUT2D eigenvalue weighted by atomic mass is 35.5. The number of amides is 1. The monoisotopic (exact) mass is 349 g/mol.